The Labute approximate surface area is 159 Å². The van der Waals surface area contributed by atoms with Gasteiger partial charge < -0.3 is 4.74 Å². The van der Waals surface area contributed by atoms with Gasteiger partial charge in [-0.05, 0) is 48.2 Å². The van der Waals surface area contributed by atoms with E-state index in [0.29, 0.717) is 22.0 Å². The molecule has 0 amide bonds. The quantitative estimate of drug-likeness (QED) is 0.718. The minimum atomic E-state index is -3.57. The summed E-state index contributed by atoms with van der Waals surface area (Å²) < 4.78 is 33.1. The summed E-state index contributed by atoms with van der Waals surface area (Å²) in [4.78, 5) is 0. The van der Waals surface area contributed by atoms with Crippen LogP contribution in [-0.2, 0) is 15.8 Å². The number of methoxy groups -OCH3 is 1. The van der Waals surface area contributed by atoms with Crippen LogP contribution in [0.4, 0.5) is 0 Å². The lowest BCUT2D eigenvalue weighted by Gasteiger charge is -2.19. The second kappa shape index (κ2) is 8.41. The maximum atomic E-state index is 12.6. The smallest absolute Gasteiger partial charge is 0.216 e. The molecule has 1 N–H and O–H groups in total. The average Bonchev–Trinajstić information content (AvgIpc) is 2.55. The van der Waals surface area contributed by atoms with Crippen molar-refractivity contribution < 1.29 is 13.2 Å². The zero-order chi connectivity index (χ0) is 18.6. The lowest BCUT2D eigenvalue weighted by atomic mass is 10.0. The molecule has 0 fully saturated rings. The van der Waals surface area contributed by atoms with E-state index in [9.17, 15) is 8.42 Å². The molecule has 7 heteroatoms. The fraction of sp³-hybridized carbons (Fsp3) is 0.333. The molecule has 0 aromatic heterocycles. The van der Waals surface area contributed by atoms with Gasteiger partial charge in [-0.2, -0.15) is 0 Å². The van der Waals surface area contributed by atoms with Crippen molar-refractivity contribution in [2.45, 2.75) is 32.1 Å². The third-order valence-electron chi connectivity index (χ3n) is 3.91. The maximum absolute atomic E-state index is 12.6. The second-order valence-corrected chi connectivity index (χ2v) is 8.40. The van der Waals surface area contributed by atoms with Crippen molar-refractivity contribution in [1.29, 1.82) is 0 Å². The molecule has 2 rings (SSSR count). The van der Waals surface area contributed by atoms with E-state index in [1.165, 1.54) is 6.07 Å². The molecule has 0 radical (unpaired) electrons. The van der Waals surface area contributed by atoms with Crippen LogP contribution in [0.1, 0.15) is 36.1 Å². The summed E-state index contributed by atoms with van der Waals surface area (Å²) >= 11 is 11.9. The van der Waals surface area contributed by atoms with E-state index in [-0.39, 0.29) is 11.8 Å². The number of sulfonamides is 1. The number of hydrogen-bond donors (Lipinski definition) is 1. The number of hydrogen-bond acceptors (Lipinski definition) is 3. The lowest BCUT2D eigenvalue weighted by molar-refractivity contribution is 0.411. The van der Waals surface area contributed by atoms with Crippen LogP contribution in [0.3, 0.4) is 0 Å². The Morgan fingerprint density at radius 3 is 2.44 bits per heavy atom. The van der Waals surface area contributed by atoms with Crippen molar-refractivity contribution in [2.75, 3.05) is 7.11 Å². The predicted octanol–water partition coefficient (Wildman–Crippen LogP) is 4.88. The van der Waals surface area contributed by atoms with E-state index in [2.05, 4.69) is 4.72 Å². The summed E-state index contributed by atoms with van der Waals surface area (Å²) in [6, 6.07) is 10.1. The Morgan fingerprint density at radius 1 is 1.16 bits per heavy atom. The first-order chi connectivity index (χ1) is 11.8. The molecule has 0 unspecified atom stereocenters. The summed E-state index contributed by atoms with van der Waals surface area (Å²) in [5, 5.41) is 0.811. The highest BCUT2D eigenvalue weighted by Crippen LogP contribution is 2.26. The third-order valence-corrected chi connectivity index (χ3v) is 5.83. The fourth-order valence-corrected chi connectivity index (χ4v) is 4.64. The first-order valence-electron chi connectivity index (χ1n) is 7.84. The van der Waals surface area contributed by atoms with Gasteiger partial charge in [-0.1, -0.05) is 48.3 Å². The molecule has 4 nitrogen and oxygen atoms in total. The van der Waals surface area contributed by atoms with E-state index in [1.54, 1.807) is 19.2 Å². The number of nitrogens with one attached hydrogen (secondary N) is 1. The van der Waals surface area contributed by atoms with E-state index in [4.69, 9.17) is 27.9 Å². The number of rotatable bonds is 7. The molecule has 0 aliphatic carbocycles. The SMILES string of the molecule is CC[C@H](NS(=O)(=O)Cc1ccc(Cl)cc1Cl)c1ccc(OC)c(C)c1. The molecule has 0 saturated heterocycles. The highest BCUT2D eigenvalue weighted by Gasteiger charge is 2.20. The minimum Gasteiger partial charge on any atom is -0.496 e. The fourth-order valence-electron chi connectivity index (χ4n) is 2.61. The Morgan fingerprint density at radius 2 is 1.88 bits per heavy atom. The van der Waals surface area contributed by atoms with Crippen LogP contribution in [0.15, 0.2) is 36.4 Å². The van der Waals surface area contributed by atoms with Gasteiger partial charge in [0.1, 0.15) is 5.75 Å². The molecular weight excluding hydrogens is 381 g/mol. The first kappa shape index (κ1) is 20.0. The molecule has 0 spiro atoms. The van der Waals surface area contributed by atoms with Gasteiger partial charge in [0.25, 0.3) is 0 Å². The third kappa shape index (κ3) is 5.35. The summed E-state index contributed by atoms with van der Waals surface area (Å²) in [5.41, 5.74) is 2.37. The van der Waals surface area contributed by atoms with Gasteiger partial charge in [-0.3, -0.25) is 0 Å². The Hall–Kier alpha value is -1.27. The highest BCUT2D eigenvalue weighted by atomic mass is 35.5. The standard InChI is InChI=1S/C18H21Cl2NO3S/c1-4-17(13-6-8-18(24-3)12(2)9-13)21-25(22,23)11-14-5-7-15(19)10-16(14)20/h5-10,17,21H,4,11H2,1-3H3/t17-/m0/s1. The minimum absolute atomic E-state index is 0.200. The first-order valence-corrected chi connectivity index (χ1v) is 10.2. The van der Waals surface area contributed by atoms with Gasteiger partial charge in [0.15, 0.2) is 0 Å². The van der Waals surface area contributed by atoms with Gasteiger partial charge in [0, 0.05) is 16.1 Å². The molecule has 1 atom stereocenters. The molecule has 25 heavy (non-hydrogen) atoms. The molecule has 0 saturated carbocycles. The van der Waals surface area contributed by atoms with Crippen molar-refractivity contribution in [2.24, 2.45) is 0 Å². The van der Waals surface area contributed by atoms with E-state index in [0.717, 1.165) is 16.9 Å². The van der Waals surface area contributed by atoms with Gasteiger partial charge in [0.05, 0.1) is 12.9 Å². The van der Waals surface area contributed by atoms with Crippen molar-refractivity contribution in [1.82, 2.24) is 4.72 Å². The van der Waals surface area contributed by atoms with Gasteiger partial charge in [0.2, 0.25) is 10.0 Å². The largest absolute Gasteiger partial charge is 0.496 e. The molecule has 136 valence electrons. The van der Waals surface area contributed by atoms with Gasteiger partial charge >= 0.3 is 0 Å². The van der Waals surface area contributed by atoms with Crippen LogP contribution in [0, 0.1) is 6.92 Å². The van der Waals surface area contributed by atoms with Crippen molar-refractivity contribution in [3.63, 3.8) is 0 Å². The number of halogens is 2. The Kier molecular flexibility index (Phi) is 6.74. The molecule has 0 bridgehead atoms. The summed E-state index contributed by atoms with van der Waals surface area (Å²) in [6.07, 6.45) is 0.624. The monoisotopic (exact) mass is 401 g/mol. The Bertz CT molecular complexity index is 853. The normalized spacial score (nSPS) is 12.8. The average molecular weight is 402 g/mol. The van der Waals surface area contributed by atoms with Gasteiger partial charge in [-0.15, -0.1) is 0 Å². The Balaban J connectivity index is 2.20. The van der Waals surface area contributed by atoms with Crippen LogP contribution >= 0.6 is 23.2 Å². The van der Waals surface area contributed by atoms with Crippen LogP contribution < -0.4 is 9.46 Å². The van der Waals surface area contributed by atoms with Crippen molar-refractivity contribution >= 4 is 33.2 Å². The maximum Gasteiger partial charge on any atom is 0.216 e. The second-order valence-electron chi connectivity index (χ2n) is 5.80. The summed E-state index contributed by atoms with van der Waals surface area (Å²) in [5.74, 6) is 0.573. The number of benzene rings is 2. The van der Waals surface area contributed by atoms with E-state index < -0.39 is 10.0 Å². The predicted molar refractivity (Wildman–Crippen MR) is 103 cm³/mol. The molecule has 0 heterocycles. The molecule has 2 aromatic rings. The zero-order valence-corrected chi connectivity index (χ0v) is 16.7. The summed E-state index contributed by atoms with van der Waals surface area (Å²) in [6.45, 7) is 3.86. The van der Waals surface area contributed by atoms with Crippen LogP contribution in [0.25, 0.3) is 0 Å². The topological polar surface area (TPSA) is 55.4 Å². The van der Waals surface area contributed by atoms with E-state index in [1.807, 2.05) is 32.0 Å². The molecule has 0 aliphatic rings. The highest BCUT2D eigenvalue weighted by molar-refractivity contribution is 7.88. The molecular formula is C18H21Cl2NO3S. The summed E-state index contributed by atoms with van der Waals surface area (Å²) in [7, 11) is -1.96. The number of ether oxygens (including phenoxy) is 1. The number of aryl methyl sites for hydroxylation is 1. The molecule has 2 aromatic carbocycles. The van der Waals surface area contributed by atoms with Crippen LogP contribution in [-0.4, -0.2) is 15.5 Å². The van der Waals surface area contributed by atoms with E-state index >= 15 is 0 Å². The lowest BCUT2D eigenvalue weighted by Crippen LogP contribution is -2.29. The van der Waals surface area contributed by atoms with Crippen LogP contribution in [0.2, 0.25) is 10.0 Å². The zero-order valence-electron chi connectivity index (χ0n) is 14.3. The van der Waals surface area contributed by atoms with Crippen molar-refractivity contribution in [3.8, 4) is 5.75 Å². The van der Waals surface area contributed by atoms with Gasteiger partial charge in [-0.25, -0.2) is 13.1 Å². The van der Waals surface area contributed by atoms with Crippen LogP contribution in [0.5, 0.6) is 5.75 Å². The molecule has 0 aliphatic heterocycles. The van der Waals surface area contributed by atoms with Crippen molar-refractivity contribution in [3.05, 3.63) is 63.1 Å².